The minimum absolute atomic E-state index is 0.00320. The number of likely N-dealkylation sites (tertiary alicyclic amines) is 1. The Morgan fingerprint density at radius 1 is 1.35 bits per heavy atom. The molecule has 8 heteroatoms. The minimum Gasteiger partial charge on any atom is -0.410 e. The third-order valence-electron chi connectivity index (χ3n) is 5.36. The molecule has 2 aliphatic rings. The number of carbonyl (C=O) groups excluding carboxylic acids is 1. The zero-order valence-electron chi connectivity index (χ0n) is 18.3. The maximum absolute atomic E-state index is 13.1. The monoisotopic (exact) mass is 436 g/mol. The Balaban J connectivity index is 1.67. The predicted molar refractivity (Wildman–Crippen MR) is 129 cm³/mol. The fourth-order valence-corrected chi connectivity index (χ4v) is 5.05. The summed E-state index contributed by atoms with van der Waals surface area (Å²) >= 11 is 1.77. The molecule has 2 aliphatic heterocycles. The lowest BCUT2D eigenvalue weighted by atomic mass is 9.69. The number of benzene rings is 1. The lowest BCUT2D eigenvalue weighted by molar-refractivity contribution is -0.132. The van der Waals surface area contributed by atoms with Gasteiger partial charge in [0.1, 0.15) is 6.54 Å². The molecule has 163 valence electrons. The highest BCUT2D eigenvalue weighted by Crippen LogP contribution is 2.37. The van der Waals surface area contributed by atoms with Crippen LogP contribution in [0.4, 0.5) is 0 Å². The zero-order chi connectivity index (χ0) is 22.4. The van der Waals surface area contributed by atoms with Crippen LogP contribution in [0.25, 0.3) is 0 Å². The van der Waals surface area contributed by atoms with Gasteiger partial charge in [-0.15, -0.1) is 0 Å². The van der Waals surface area contributed by atoms with Crippen molar-refractivity contribution >= 4 is 24.9 Å². The van der Waals surface area contributed by atoms with Crippen LogP contribution >= 0.6 is 11.8 Å². The third kappa shape index (κ3) is 5.99. The average molecular weight is 436 g/mol. The maximum Gasteiger partial charge on any atom is 0.244 e. The Morgan fingerprint density at radius 2 is 2.13 bits per heavy atom. The van der Waals surface area contributed by atoms with Crippen LogP contribution in [0.1, 0.15) is 31.7 Å². The van der Waals surface area contributed by atoms with Crippen LogP contribution in [0.15, 0.2) is 75.3 Å². The molecule has 0 spiro atoms. The molecular formula is C23H31BN5OS. The van der Waals surface area contributed by atoms with Crippen molar-refractivity contribution in [1.29, 1.82) is 0 Å². The van der Waals surface area contributed by atoms with Crippen LogP contribution in [0.3, 0.4) is 0 Å². The quantitative estimate of drug-likeness (QED) is 0.251. The highest BCUT2D eigenvalue weighted by Gasteiger charge is 2.32. The predicted octanol–water partition coefficient (Wildman–Crippen LogP) is 2.75. The Hall–Kier alpha value is -2.58. The number of hydrazine groups is 1. The molecule has 0 aliphatic carbocycles. The van der Waals surface area contributed by atoms with E-state index in [2.05, 4.69) is 38.1 Å². The van der Waals surface area contributed by atoms with Crippen LogP contribution in [0.5, 0.6) is 0 Å². The number of nitrogens with zero attached hydrogens (tertiary/aromatic N) is 2. The molecule has 1 amide bonds. The number of hydrogen-bond donors (Lipinski definition) is 3. The molecule has 1 unspecified atom stereocenters. The first kappa shape index (κ1) is 23.1. The van der Waals surface area contributed by atoms with E-state index >= 15 is 0 Å². The van der Waals surface area contributed by atoms with E-state index in [1.54, 1.807) is 31.3 Å². The van der Waals surface area contributed by atoms with Gasteiger partial charge in [-0.05, 0) is 43.4 Å². The number of nitrogens with two attached hydrogens (primary N) is 3. The maximum atomic E-state index is 13.1. The lowest BCUT2D eigenvalue weighted by Gasteiger charge is -2.28. The topological polar surface area (TPSA) is 102 Å². The van der Waals surface area contributed by atoms with Gasteiger partial charge in [0.2, 0.25) is 13.2 Å². The summed E-state index contributed by atoms with van der Waals surface area (Å²) in [6, 6.07) is 8.44. The van der Waals surface area contributed by atoms with Crippen molar-refractivity contribution in [3.63, 3.8) is 0 Å². The Morgan fingerprint density at radius 3 is 2.81 bits per heavy atom. The van der Waals surface area contributed by atoms with Crippen molar-refractivity contribution in [1.82, 2.24) is 9.91 Å². The van der Waals surface area contributed by atoms with Crippen LogP contribution in [-0.4, -0.2) is 42.2 Å². The van der Waals surface area contributed by atoms with Crippen molar-refractivity contribution in [2.45, 2.75) is 44.0 Å². The van der Waals surface area contributed by atoms with Crippen molar-refractivity contribution in [2.75, 3.05) is 13.1 Å². The summed E-state index contributed by atoms with van der Waals surface area (Å²) in [5, 5.41) is 1.36. The summed E-state index contributed by atoms with van der Waals surface area (Å²) in [7, 11) is 1.78. The Labute approximate surface area is 190 Å². The SMILES string of the molecule is CC/C=C(/Sc1ccccc1C)C1CCCN1C(=O)CN(N)/C=C(\N)C1=CC=C(N)[B]1. The average Bonchev–Trinajstić information content (AvgIpc) is 3.38. The molecule has 1 fully saturated rings. The van der Waals surface area contributed by atoms with E-state index in [0.29, 0.717) is 11.3 Å². The molecule has 1 aromatic rings. The summed E-state index contributed by atoms with van der Waals surface area (Å²) in [5.74, 6) is 6.09. The van der Waals surface area contributed by atoms with E-state index in [1.165, 1.54) is 20.4 Å². The van der Waals surface area contributed by atoms with Gasteiger partial charge in [0.05, 0.1) is 6.04 Å². The first-order valence-corrected chi connectivity index (χ1v) is 11.4. The molecule has 0 saturated carbocycles. The molecule has 0 bridgehead atoms. The number of carbonyl (C=O) groups is 1. The number of amides is 1. The van der Waals surface area contributed by atoms with E-state index in [0.717, 1.165) is 31.3 Å². The number of hydrogen-bond acceptors (Lipinski definition) is 6. The molecule has 6 N–H and O–H groups in total. The van der Waals surface area contributed by atoms with Crippen LogP contribution < -0.4 is 17.3 Å². The summed E-state index contributed by atoms with van der Waals surface area (Å²) in [5.41, 5.74) is 15.0. The van der Waals surface area contributed by atoms with E-state index in [4.69, 9.17) is 17.3 Å². The van der Waals surface area contributed by atoms with Crippen molar-refractivity contribution < 1.29 is 4.79 Å². The largest absolute Gasteiger partial charge is 0.410 e. The van der Waals surface area contributed by atoms with Gasteiger partial charge in [-0.3, -0.25) is 4.79 Å². The summed E-state index contributed by atoms with van der Waals surface area (Å²) in [4.78, 5) is 17.5. The molecular weight excluding hydrogens is 405 g/mol. The van der Waals surface area contributed by atoms with E-state index in [1.807, 2.05) is 17.0 Å². The van der Waals surface area contributed by atoms with E-state index in [-0.39, 0.29) is 18.5 Å². The molecule has 2 heterocycles. The fraction of sp³-hybridized carbons (Fsp3) is 0.348. The van der Waals surface area contributed by atoms with Crippen LogP contribution in [0.2, 0.25) is 0 Å². The minimum atomic E-state index is 0.00320. The highest BCUT2D eigenvalue weighted by atomic mass is 32.2. The van der Waals surface area contributed by atoms with Gasteiger partial charge >= 0.3 is 0 Å². The molecule has 3 rings (SSSR count). The smallest absolute Gasteiger partial charge is 0.244 e. The summed E-state index contributed by atoms with van der Waals surface area (Å²) in [6.45, 7) is 5.06. The Bertz CT molecular complexity index is 940. The third-order valence-corrected chi connectivity index (χ3v) is 6.71. The summed E-state index contributed by atoms with van der Waals surface area (Å²) in [6.07, 6.45) is 10.3. The van der Waals surface area contributed by atoms with Gasteiger partial charge in [-0.1, -0.05) is 60.6 Å². The van der Waals surface area contributed by atoms with Crippen molar-refractivity contribution in [2.24, 2.45) is 17.3 Å². The highest BCUT2D eigenvalue weighted by molar-refractivity contribution is 8.03. The number of rotatable bonds is 8. The Kier molecular flexibility index (Phi) is 7.93. The van der Waals surface area contributed by atoms with Gasteiger partial charge in [0, 0.05) is 28.2 Å². The second-order valence-corrected chi connectivity index (χ2v) is 8.93. The first-order chi connectivity index (χ1) is 14.9. The number of allylic oxidation sites excluding steroid dienone is 4. The molecule has 1 saturated heterocycles. The molecule has 1 aromatic carbocycles. The van der Waals surface area contributed by atoms with Crippen molar-refractivity contribution in [3.8, 4) is 0 Å². The number of aryl methyl sites for hydroxylation is 1. The lowest BCUT2D eigenvalue weighted by Crippen LogP contribution is -2.44. The zero-order valence-corrected chi connectivity index (χ0v) is 19.1. The first-order valence-electron chi connectivity index (χ1n) is 10.6. The van der Waals surface area contributed by atoms with Gasteiger partial charge in [0.25, 0.3) is 0 Å². The van der Waals surface area contributed by atoms with E-state index in [9.17, 15) is 4.79 Å². The van der Waals surface area contributed by atoms with Gasteiger partial charge < -0.3 is 21.4 Å². The molecule has 31 heavy (non-hydrogen) atoms. The summed E-state index contributed by atoms with van der Waals surface area (Å²) < 4.78 is 0. The fourth-order valence-electron chi connectivity index (χ4n) is 3.79. The van der Waals surface area contributed by atoms with Gasteiger partial charge in [-0.2, -0.15) is 0 Å². The second-order valence-electron chi connectivity index (χ2n) is 7.82. The van der Waals surface area contributed by atoms with Crippen LogP contribution in [-0.2, 0) is 4.79 Å². The van der Waals surface area contributed by atoms with Crippen molar-refractivity contribution in [3.05, 3.63) is 75.9 Å². The molecule has 1 atom stereocenters. The molecule has 0 aromatic heterocycles. The standard InChI is InChI=1S/C23H31BN5OS/c1-3-7-21(31-20-10-5-4-8-16(20)2)19-9-6-13-29(19)23(30)15-28(27)14-18(25)17-11-12-22(26)24-17/h4-5,7-8,10-12,14,19H,3,6,9,13,15,25-27H2,1-2H3/b18-14-,21-7+. The normalized spacial score (nSPS) is 19.2. The van der Waals surface area contributed by atoms with E-state index < -0.39 is 0 Å². The van der Waals surface area contributed by atoms with Crippen LogP contribution in [0, 0.1) is 6.92 Å². The molecule has 1 radical (unpaired) electrons. The van der Waals surface area contributed by atoms with Gasteiger partial charge in [-0.25, -0.2) is 5.84 Å². The molecule has 6 nitrogen and oxygen atoms in total. The number of thioether (sulfide) groups is 1. The van der Waals surface area contributed by atoms with Gasteiger partial charge in [0.15, 0.2) is 0 Å². The second kappa shape index (κ2) is 10.6.